The summed E-state index contributed by atoms with van der Waals surface area (Å²) >= 11 is 0. The maximum absolute atomic E-state index is 13.7. The Morgan fingerprint density at radius 1 is 0.957 bits per heavy atom. The molecule has 2 aromatic carbocycles. The predicted octanol–water partition coefficient (Wildman–Crippen LogP) is 3.90. The van der Waals surface area contributed by atoms with Crippen molar-refractivity contribution >= 4 is 10.9 Å². The number of para-hydroxylation sites is 1. The largest absolute Gasteiger partial charge is 0.317 e. The lowest BCUT2D eigenvalue weighted by atomic mass is 9.96. The number of nitrogens with zero attached hydrogens (tertiary/aromatic N) is 2. The molecule has 4 rings (SSSR count). The summed E-state index contributed by atoms with van der Waals surface area (Å²) in [7, 11) is 0. The number of nitrogens with one attached hydrogen (secondary N) is 1. The van der Waals surface area contributed by atoms with E-state index in [0.29, 0.717) is 5.92 Å². The molecule has 0 aliphatic carbocycles. The van der Waals surface area contributed by atoms with Crippen LogP contribution in [0.3, 0.4) is 0 Å². The summed E-state index contributed by atoms with van der Waals surface area (Å²) in [4.78, 5) is 9.61. The standard InChI is InChI=1S/C19H18FN3/c20-15-5-3-4-14(12-15)18-16-6-1-2-7-17(16)22-19(23-18)13-8-10-21-11-9-13/h1-7,12-13,21H,8-11H2. The average molecular weight is 307 g/mol. The van der Waals surface area contributed by atoms with E-state index in [-0.39, 0.29) is 5.82 Å². The Kier molecular flexibility index (Phi) is 3.75. The van der Waals surface area contributed by atoms with Gasteiger partial charge in [-0.25, -0.2) is 14.4 Å². The molecule has 3 aromatic rings. The van der Waals surface area contributed by atoms with Gasteiger partial charge in [0, 0.05) is 16.9 Å². The van der Waals surface area contributed by atoms with Gasteiger partial charge in [0.15, 0.2) is 0 Å². The molecule has 0 unspecified atom stereocenters. The molecule has 116 valence electrons. The molecule has 23 heavy (non-hydrogen) atoms. The monoisotopic (exact) mass is 307 g/mol. The lowest BCUT2D eigenvalue weighted by Gasteiger charge is -2.22. The van der Waals surface area contributed by atoms with Crippen LogP contribution in [0.25, 0.3) is 22.2 Å². The summed E-state index contributed by atoms with van der Waals surface area (Å²) < 4.78 is 13.7. The van der Waals surface area contributed by atoms with E-state index in [9.17, 15) is 4.39 Å². The molecule has 3 nitrogen and oxygen atoms in total. The SMILES string of the molecule is Fc1cccc(-c2nc(C3CCNCC3)nc3ccccc23)c1. The van der Waals surface area contributed by atoms with Crippen LogP contribution in [0.15, 0.2) is 48.5 Å². The summed E-state index contributed by atoms with van der Waals surface area (Å²) in [6.07, 6.45) is 2.09. The third kappa shape index (κ3) is 2.82. The molecule has 1 aliphatic heterocycles. The highest BCUT2D eigenvalue weighted by Crippen LogP contribution is 2.30. The van der Waals surface area contributed by atoms with E-state index in [2.05, 4.69) is 5.32 Å². The Morgan fingerprint density at radius 2 is 1.78 bits per heavy atom. The van der Waals surface area contributed by atoms with Crippen molar-refractivity contribution in [1.29, 1.82) is 0 Å². The minimum absolute atomic E-state index is 0.242. The molecule has 0 bridgehead atoms. The van der Waals surface area contributed by atoms with Gasteiger partial charge < -0.3 is 5.32 Å². The van der Waals surface area contributed by atoms with Crippen molar-refractivity contribution in [3.05, 3.63) is 60.2 Å². The number of hydrogen-bond donors (Lipinski definition) is 1. The van der Waals surface area contributed by atoms with E-state index in [0.717, 1.165) is 53.9 Å². The van der Waals surface area contributed by atoms with Gasteiger partial charge in [0.25, 0.3) is 0 Å². The number of fused-ring (bicyclic) bond motifs is 1. The molecule has 0 saturated carbocycles. The summed E-state index contributed by atoms with van der Waals surface area (Å²) in [5.74, 6) is 1.01. The van der Waals surface area contributed by atoms with Crippen molar-refractivity contribution in [1.82, 2.24) is 15.3 Å². The number of benzene rings is 2. The minimum atomic E-state index is -0.242. The van der Waals surface area contributed by atoms with E-state index >= 15 is 0 Å². The van der Waals surface area contributed by atoms with Crippen LogP contribution in [0.2, 0.25) is 0 Å². The van der Waals surface area contributed by atoms with Gasteiger partial charge in [-0.2, -0.15) is 0 Å². The highest BCUT2D eigenvalue weighted by molar-refractivity contribution is 5.92. The van der Waals surface area contributed by atoms with Crippen LogP contribution < -0.4 is 5.32 Å². The first-order chi connectivity index (χ1) is 11.3. The van der Waals surface area contributed by atoms with Gasteiger partial charge >= 0.3 is 0 Å². The molecule has 1 saturated heterocycles. The van der Waals surface area contributed by atoms with Crippen molar-refractivity contribution in [2.45, 2.75) is 18.8 Å². The van der Waals surface area contributed by atoms with Crippen molar-refractivity contribution in [3.63, 3.8) is 0 Å². The molecular formula is C19H18FN3. The van der Waals surface area contributed by atoms with Crippen molar-refractivity contribution < 1.29 is 4.39 Å². The maximum Gasteiger partial charge on any atom is 0.132 e. The van der Waals surface area contributed by atoms with Crippen LogP contribution in [0.4, 0.5) is 4.39 Å². The first-order valence-electron chi connectivity index (χ1n) is 8.04. The quantitative estimate of drug-likeness (QED) is 0.780. The second-order valence-corrected chi connectivity index (χ2v) is 5.98. The molecule has 0 atom stereocenters. The lowest BCUT2D eigenvalue weighted by molar-refractivity contribution is 0.446. The van der Waals surface area contributed by atoms with E-state index in [1.807, 2.05) is 30.3 Å². The number of rotatable bonds is 2. The van der Waals surface area contributed by atoms with Crippen LogP contribution in [-0.4, -0.2) is 23.1 Å². The predicted molar refractivity (Wildman–Crippen MR) is 89.8 cm³/mol. The molecule has 1 aromatic heterocycles. The fraction of sp³-hybridized carbons (Fsp3) is 0.263. The first-order valence-corrected chi connectivity index (χ1v) is 8.04. The van der Waals surface area contributed by atoms with E-state index in [1.54, 1.807) is 12.1 Å². The van der Waals surface area contributed by atoms with Crippen molar-refractivity contribution in [3.8, 4) is 11.3 Å². The third-order valence-corrected chi connectivity index (χ3v) is 4.42. The first kappa shape index (κ1) is 14.3. The molecule has 4 heteroatoms. The van der Waals surface area contributed by atoms with E-state index < -0.39 is 0 Å². The number of piperidine rings is 1. The Bertz CT molecular complexity index is 841. The molecular weight excluding hydrogens is 289 g/mol. The summed E-state index contributed by atoms with van der Waals surface area (Å²) in [5, 5.41) is 4.34. The zero-order valence-corrected chi connectivity index (χ0v) is 12.8. The van der Waals surface area contributed by atoms with E-state index in [1.165, 1.54) is 6.07 Å². The van der Waals surface area contributed by atoms with Crippen LogP contribution in [-0.2, 0) is 0 Å². The summed E-state index contributed by atoms with van der Waals surface area (Å²) in [6.45, 7) is 1.99. The zero-order chi connectivity index (χ0) is 15.6. The van der Waals surface area contributed by atoms with Gasteiger partial charge in [-0.3, -0.25) is 0 Å². The fourth-order valence-corrected chi connectivity index (χ4v) is 3.21. The average Bonchev–Trinajstić information content (AvgIpc) is 2.61. The number of halogens is 1. The molecule has 1 aliphatic rings. The molecule has 0 spiro atoms. The van der Waals surface area contributed by atoms with Gasteiger partial charge in [-0.1, -0.05) is 30.3 Å². The topological polar surface area (TPSA) is 37.8 Å². The third-order valence-electron chi connectivity index (χ3n) is 4.42. The molecule has 1 fully saturated rings. The molecule has 2 heterocycles. The fourth-order valence-electron chi connectivity index (χ4n) is 3.21. The highest BCUT2D eigenvalue weighted by Gasteiger charge is 2.20. The highest BCUT2D eigenvalue weighted by atomic mass is 19.1. The van der Waals surface area contributed by atoms with Gasteiger partial charge in [0.05, 0.1) is 11.2 Å². The van der Waals surface area contributed by atoms with Crippen LogP contribution in [0.5, 0.6) is 0 Å². The second kappa shape index (κ2) is 6.05. The smallest absolute Gasteiger partial charge is 0.132 e. The van der Waals surface area contributed by atoms with Crippen molar-refractivity contribution in [2.75, 3.05) is 13.1 Å². The summed E-state index contributed by atoms with van der Waals surface area (Å²) in [6, 6.07) is 14.6. The molecule has 0 radical (unpaired) electrons. The summed E-state index contributed by atoms with van der Waals surface area (Å²) in [5.41, 5.74) is 2.55. The molecule has 1 N–H and O–H groups in total. The molecule has 0 amide bonds. The van der Waals surface area contributed by atoms with Crippen LogP contribution >= 0.6 is 0 Å². The normalized spacial score (nSPS) is 15.9. The van der Waals surface area contributed by atoms with Crippen LogP contribution in [0, 0.1) is 5.82 Å². The van der Waals surface area contributed by atoms with E-state index in [4.69, 9.17) is 9.97 Å². The van der Waals surface area contributed by atoms with Gasteiger partial charge in [-0.15, -0.1) is 0 Å². The Morgan fingerprint density at radius 3 is 2.61 bits per heavy atom. The van der Waals surface area contributed by atoms with Gasteiger partial charge in [0.1, 0.15) is 11.6 Å². The zero-order valence-electron chi connectivity index (χ0n) is 12.8. The lowest BCUT2D eigenvalue weighted by Crippen LogP contribution is -2.27. The Labute approximate surface area is 134 Å². The minimum Gasteiger partial charge on any atom is -0.317 e. The second-order valence-electron chi connectivity index (χ2n) is 5.98. The Hall–Kier alpha value is -2.33. The Balaban J connectivity index is 1.90. The van der Waals surface area contributed by atoms with Crippen molar-refractivity contribution in [2.24, 2.45) is 0 Å². The van der Waals surface area contributed by atoms with Gasteiger partial charge in [-0.05, 0) is 44.1 Å². The number of hydrogen-bond acceptors (Lipinski definition) is 3. The van der Waals surface area contributed by atoms with Crippen LogP contribution in [0.1, 0.15) is 24.6 Å². The number of aromatic nitrogens is 2. The van der Waals surface area contributed by atoms with Gasteiger partial charge in [0.2, 0.25) is 0 Å². The maximum atomic E-state index is 13.7.